The van der Waals surface area contributed by atoms with Gasteiger partial charge in [-0.25, -0.2) is 4.79 Å². The predicted molar refractivity (Wildman–Crippen MR) is 80.9 cm³/mol. The molecule has 0 radical (unpaired) electrons. The van der Waals surface area contributed by atoms with Gasteiger partial charge in [0.15, 0.2) is 0 Å². The van der Waals surface area contributed by atoms with Crippen LogP contribution in [0.2, 0.25) is 5.02 Å². The summed E-state index contributed by atoms with van der Waals surface area (Å²) in [5.74, 6) is -1.19. The zero-order valence-corrected chi connectivity index (χ0v) is 12.6. The van der Waals surface area contributed by atoms with Crippen LogP contribution in [0.25, 0.3) is 0 Å². The number of amides is 4. The Kier molecular flexibility index (Phi) is 5.21. The van der Waals surface area contributed by atoms with Crippen molar-refractivity contribution in [3.05, 3.63) is 34.9 Å². The summed E-state index contributed by atoms with van der Waals surface area (Å²) in [7, 11) is 0. The first-order valence-corrected chi connectivity index (χ1v) is 7.25. The second kappa shape index (κ2) is 7.13. The summed E-state index contributed by atoms with van der Waals surface area (Å²) in [6.45, 7) is 0.808. The molecule has 8 heteroatoms. The third kappa shape index (κ3) is 4.11. The monoisotopic (exact) mass is 324 g/mol. The number of rotatable bonds is 2. The number of nitrogens with one attached hydrogen (secondary N) is 2. The van der Waals surface area contributed by atoms with E-state index in [1.54, 1.807) is 18.2 Å². The standard InChI is InChI=1S/C14H17ClN4O3/c15-11-5-1-3-9(7-11)12(20)17-18-13(21)10-4-2-6-19(8-10)14(16)22/h1,3,5,7,10H,2,4,6,8H2,(H2,16,22)(H,17,20)(H,18,21)/t10-/m0/s1. The highest BCUT2D eigenvalue weighted by atomic mass is 35.5. The summed E-state index contributed by atoms with van der Waals surface area (Å²) in [5, 5.41) is 0.434. The van der Waals surface area contributed by atoms with Crippen molar-refractivity contribution in [2.75, 3.05) is 13.1 Å². The van der Waals surface area contributed by atoms with Crippen molar-refractivity contribution in [3.8, 4) is 0 Å². The van der Waals surface area contributed by atoms with Crippen molar-refractivity contribution in [1.29, 1.82) is 0 Å². The van der Waals surface area contributed by atoms with Gasteiger partial charge in [-0.15, -0.1) is 0 Å². The molecule has 0 bridgehead atoms. The first-order valence-electron chi connectivity index (χ1n) is 6.87. The SMILES string of the molecule is NC(=O)N1CCC[C@H](C(=O)NNC(=O)c2cccc(Cl)c2)C1. The van der Waals surface area contributed by atoms with E-state index in [0.717, 1.165) is 0 Å². The number of halogens is 1. The van der Waals surface area contributed by atoms with Crippen LogP contribution < -0.4 is 16.6 Å². The third-order valence-corrected chi connectivity index (χ3v) is 3.72. The van der Waals surface area contributed by atoms with E-state index in [1.807, 2.05) is 0 Å². The van der Waals surface area contributed by atoms with Crippen molar-refractivity contribution in [1.82, 2.24) is 15.8 Å². The lowest BCUT2D eigenvalue weighted by Gasteiger charge is -2.30. The molecule has 0 spiro atoms. The fraction of sp³-hybridized carbons (Fsp3) is 0.357. The van der Waals surface area contributed by atoms with Gasteiger partial charge in [0.1, 0.15) is 0 Å². The molecule has 0 saturated carbocycles. The molecular weight excluding hydrogens is 308 g/mol. The average Bonchev–Trinajstić information content (AvgIpc) is 2.52. The smallest absolute Gasteiger partial charge is 0.314 e. The Morgan fingerprint density at radius 1 is 1.27 bits per heavy atom. The van der Waals surface area contributed by atoms with Crippen molar-refractivity contribution in [2.24, 2.45) is 11.7 Å². The number of hydrogen-bond acceptors (Lipinski definition) is 3. The second-order valence-electron chi connectivity index (χ2n) is 5.08. The Hall–Kier alpha value is -2.28. The van der Waals surface area contributed by atoms with Gasteiger partial charge in [-0.05, 0) is 31.0 Å². The van der Waals surface area contributed by atoms with Crippen molar-refractivity contribution < 1.29 is 14.4 Å². The highest BCUT2D eigenvalue weighted by Crippen LogP contribution is 2.16. The molecular formula is C14H17ClN4O3. The van der Waals surface area contributed by atoms with E-state index in [9.17, 15) is 14.4 Å². The molecule has 7 nitrogen and oxygen atoms in total. The molecule has 22 heavy (non-hydrogen) atoms. The lowest BCUT2D eigenvalue weighted by atomic mass is 9.98. The second-order valence-corrected chi connectivity index (χ2v) is 5.51. The van der Waals surface area contributed by atoms with Crippen LogP contribution in [0.5, 0.6) is 0 Å². The lowest BCUT2D eigenvalue weighted by molar-refractivity contribution is -0.127. The molecule has 118 valence electrons. The Morgan fingerprint density at radius 2 is 2.05 bits per heavy atom. The van der Waals surface area contributed by atoms with Crippen LogP contribution >= 0.6 is 11.6 Å². The first kappa shape index (κ1) is 16.1. The van der Waals surface area contributed by atoms with Gasteiger partial charge in [-0.2, -0.15) is 0 Å². The van der Waals surface area contributed by atoms with Crippen molar-refractivity contribution >= 4 is 29.4 Å². The summed E-state index contributed by atoms with van der Waals surface area (Å²) in [6.07, 6.45) is 1.34. The maximum absolute atomic E-state index is 12.0. The van der Waals surface area contributed by atoms with Crippen molar-refractivity contribution in [3.63, 3.8) is 0 Å². The zero-order chi connectivity index (χ0) is 16.1. The van der Waals surface area contributed by atoms with Gasteiger partial charge in [0.2, 0.25) is 5.91 Å². The van der Waals surface area contributed by atoms with Crippen LogP contribution in [0.3, 0.4) is 0 Å². The predicted octanol–water partition coefficient (Wildman–Crippen LogP) is 0.892. The Morgan fingerprint density at radius 3 is 2.73 bits per heavy atom. The maximum Gasteiger partial charge on any atom is 0.314 e. The van der Waals surface area contributed by atoms with Gasteiger partial charge >= 0.3 is 6.03 Å². The van der Waals surface area contributed by atoms with Gasteiger partial charge in [0.05, 0.1) is 5.92 Å². The molecule has 0 unspecified atom stereocenters. The van der Waals surface area contributed by atoms with Gasteiger partial charge < -0.3 is 10.6 Å². The van der Waals surface area contributed by atoms with Crippen LogP contribution in [-0.2, 0) is 4.79 Å². The minimum Gasteiger partial charge on any atom is -0.351 e. The molecule has 1 aliphatic rings. The quantitative estimate of drug-likeness (QED) is 0.704. The van der Waals surface area contributed by atoms with E-state index in [2.05, 4.69) is 10.9 Å². The molecule has 1 aromatic rings. The highest BCUT2D eigenvalue weighted by Gasteiger charge is 2.27. The maximum atomic E-state index is 12.0. The number of urea groups is 1. The van der Waals surface area contributed by atoms with E-state index in [4.69, 9.17) is 17.3 Å². The van der Waals surface area contributed by atoms with E-state index in [1.165, 1.54) is 11.0 Å². The number of likely N-dealkylation sites (tertiary alicyclic amines) is 1. The van der Waals surface area contributed by atoms with E-state index in [0.29, 0.717) is 30.0 Å². The van der Waals surface area contributed by atoms with Crippen LogP contribution in [0.15, 0.2) is 24.3 Å². The summed E-state index contributed by atoms with van der Waals surface area (Å²) in [5.41, 5.74) is 10.3. The van der Waals surface area contributed by atoms with Gasteiger partial charge in [-0.1, -0.05) is 17.7 Å². The number of benzene rings is 1. The molecule has 4 N–H and O–H groups in total. The fourth-order valence-corrected chi connectivity index (χ4v) is 2.50. The number of primary amides is 1. The van der Waals surface area contributed by atoms with Crippen LogP contribution in [0, 0.1) is 5.92 Å². The normalized spacial score (nSPS) is 17.7. The number of carbonyl (C=O) groups is 3. The number of nitrogens with two attached hydrogens (primary N) is 1. The summed E-state index contributed by atoms with van der Waals surface area (Å²) >= 11 is 5.80. The summed E-state index contributed by atoms with van der Waals surface area (Å²) in [6, 6.07) is 5.84. The van der Waals surface area contributed by atoms with Gasteiger partial charge in [-0.3, -0.25) is 20.4 Å². The van der Waals surface area contributed by atoms with E-state index in [-0.39, 0.29) is 18.4 Å². The van der Waals surface area contributed by atoms with Crippen LogP contribution in [0.1, 0.15) is 23.2 Å². The number of piperidine rings is 1. The Labute approximate surface area is 132 Å². The zero-order valence-electron chi connectivity index (χ0n) is 11.8. The van der Waals surface area contributed by atoms with Gasteiger partial charge in [0.25, 0.3) is 5.91 Å². The number of carbonyl (C=O) groups excluding carboxylic acids is 3. The highest BCUT2D eigenvalue weighted by molar-refractivity contribution is 6.30. The molecule has 1 saturated heterocycles. The topological polar surface area (TPSA) is 105 Å². The molecule has 1 fully saturated rings. The Balaban J connectivity index is 1.87. The first-order chi connectivity index (χ1) is 10.5. The van der Waals surface area contributed by atoms with Crippen LogP contribution in [-0.4, -0.2) is 35.8 Å². The third-order valence-electron chi connectivity index (χ3n) is 3.49. The summed E-state index contributed by atoms with van der Waals surface area (Å²) < 4.78 is 0. The molecule has 4 amide bonds. The molecule has 1 aliphatic heterocycles. The molecule has 1 aromatic carbocycles. The minimum atomic E-state index is -0.541. The molecule has 2 rings (SSSR count). The Bertz CT molecular complexity index is 593. The lowest BCUT2D eigenvalue weighted by Crippen LogP contribution is -2.50. The average molecular weight is 325 g/mol. The number of nitrogens with zero attached hydrogens (tertiary/aromatic N) is 1. The number of hydrogen-bond donors (Lipinski definition) is 3. The van der Waals surface area contributed by atoms with Gasteiger partial charge in [0, 0.05) is 23.7 Å². The van der Waals surface area contributed by atoms with Crippen LogP contribution in [0.4, 0.5) is 4.79 Å². The largest absolute Gasteiger partial charge is 0.351 e. The summed E-state index contributed by atoms with van der Waals surface area (Å²) in [4.78, 5) is 36.5. The van der Waals surface area contributed by atoms with Crippen molar-refractivity contribution in [2.45, 2.75) is 12.8 Å². The minimum absolute atomic E-state index is 0.258. The fourth-order valence-electron chi connectivity index (χ4n) is 2.31. The molecule has 1 heterocycles. The molecule has 0 aromatic heterocycles. The van der Waals surface area contributed by atoms with E-state index >= 15 is 0 Å². The number of hydrazine groups is 1. The van der Waals surface area contributed by atoms with E-state index < -0.39 is 11.9 Å². The molecule has 0 aliphatic carbocycles. The molecule has 1 atom stereocenters.